The number of aromatic hydroxyl groups is 1. The summed E-state index contributed by atoms with van der Waals surface area (Å²) in [5.74, 6) is 0.287. The van der Waals surface area contributed by atoms with Crippen molar-refractivity contribution in [2.75, 3.05) is 31.1 Å². The molecule has 2 aromatic carbocycles. The Morgan fingerprint density at radius 2 is 1.73 bits per heavy atom. The number of rotatable bonds is 4. The van der Waals surface area contributed by atoms with E-state index in [9.17, 15) is 9.90 Å². The average Bonchev–Trinajstić information content (AvgIpc) is 2.68. The highest BCUT2D eigenvalue weighted by Crippen LogP contribution is 2.27. The number of aryl methyl sites for hydroxylation is 1. The third-order valence-corrected chi connectivity index (χ3v) is 5.02. The van der Waals surface area contributed by atoms with Crippen LogP contribution in [0.1, 0.15) is 31.0 Å². The molecule has 0 bridgehead atoms. The highest BCUT2D eigenvalue weighted by atomic mass is 16.3. The lowest BCUT2D eigenvalue weighted by Crippen LogP contribution is -2.52. The van der Waals surface area contributed by atoms with Crippen LogP contribution in [0.2, 0.25) is 0 Å². The Morgan fingerprint density at radius 3 is 2.35 bits per heavy atom. The van der Waals surface area contributed by atoms with Gasteiger partial charge in [-0.1, -0.05) is 43.3 Å². The normalized spacial score (nSPS) is 15.6. The molecule has 2 aromatic rings. The summed E-state index contributed by atoms with van der Waals surface area (Å²) in [6, 6.07) is 15.7. The quantitative estimate of drug-likeness (QED) is 0.884. The van der Waals surface area contributed by atoms with Gasteiger partial charge in [0.25, 0.3) is 0 Å². The van der Waals surface area contributed by atoms with Crippen molar-refractivity contribution >= 4 is 11.7 Å². The molecule has 5 heteroatoms. The lowest BCUT2D eigenvalue weighted by molar-refractivity contribution is 0.191. The Bertz CT molecular complexity index is 737. The van der Waals surface area contributed by atoms with Crippen LogP contribution in [0.4, 0.5) is 10.5 Å². The third kappa shape index (κ3) is 4.10. The van der Waals surface area contributed by atoms with Gasteiger partial charge in [-0.3, -0.25) is 0 Å². The fraction of sp³-hybridized carbons (Fsp3) is 0.381. The standard InChI is InChI=1S/C21H27N3O2/c1-3-17-8-10-18(11-9-17)16(2)22-21(26)24-14-12-23(13-15-24)19-6-4-5-7-20(19)25/h4-11,16,25H,3,12-15H2,1-2H3,(H,22,26). The molecule has 1 unspecified atom stereocenters. The molecule has 1 saturated heterocycles. The van der Waals surface area contributed by atoms with Gasteiger partial charge in [0, 0.05) is 26.2 Å². The van der Waals surface area contributed by atoms with E-state index in [1.807, 2.05) is 30.0 Å². The molecular formula is C21H27N3O2. The molecule has 0 spiro atoms. The van der Waals surface area contributed by atoms with Crippen LogP contribution in [0, 0.1) is 0 Å². The van der Waals surface area contributed by atoms with Crippen molar-refractivity contribution < 1.29 is 9.90 Å². The molecule has 1 fully saturated rings. The summed E-state index contributed by atoms with van der Waals surface area (Å²) < 4.78 is 0. The van der Waals surface area contributed by atoms with Crippen LogP contribution in [-0.2, 0) is 6.42 Å². The first kappa shape index (κ1) is 18.1. The number of piperazine rings is 1. The zero-order valence-corrected chi connectivity index (χ0v) is 15.5. The molecule has 1 heterocycles. The molecule has 138 valence electrons. The lowest BCUT2D eigenvalue weighted by Gasteiger charge is -2.36. The Balaban J connectivity index is 1.54. The molecule has 2 amide bonds. The van der Waals surface area contributed by atoms with Gasteiger partial charge in [-0.2, -0.15) is 0 Å². The molecule has 1 aliphatic heterocycles. The van der Waals surface area contributed by atoms with Gasteiger partial charge in [-0.15, -0.1) is 0 Å². The fourth-order valence-corrected chi connectivity index (χ4v) is 3.28. The van der Waals surface area contributed by atoms with Crippen molar-refractivity contribution in [2.45, 2.75) is 26.3 Å². The highest BCUT2D eigenvalue weighted by molar-refractivity contribution is 5.75. The minimum Gasteiger partial charge on any atom is -0.506 e. The van der Waals surface area contributed by atoms with E-state index in [4.69, 9.17) is 0 Å². The number of para-hydroxylation sites is 2. The highest BCUT2D eigenvalue weighted by Gasteiger charge is 2.23. The van der Waals surface area contributed by atoms with Gasteiger partial charge < -0.3 is 20.2 Å². The molecule has 0 saturated carbocycles. The summed E-state index contributed by atoms with van der Waals surface area (Å²) in [5.41, 5.74) is 3.24. The zero-order chi connectivity index (χ0) is 18.5. The average molecular weight is 353 g/mol. The summed E-state index contributed by atoms with van der Waals surface area (Å²) >= 11 is 0. The molecule has 26 heavy (non-hydrogen) atoms. The summed E-state index contributed by atoms with van der Waals surface area (Å²) in [6.45, 7) is 6.85. The van der Waals surface area contributed by atoms with Gasteiger partial charge >= 0.3 is 6.03 Å². The lowest BCUT2D eigenvalue weighted by atomic mass is 10.1. The first-order valence-electron chi connectivity index (χ1n) is 9.25. The third-order valence-electron chi connectivity index (χ3n) is 5.02. The van der Waals surface area contributed by atoms with Crippen molar-refractivity contribution in [3.63, 3.8) is 0 Å². The summed E-state index contributed by atoms with van der Waals surface area (Å²) in [6.07, 6.45) is 1.02. The number of phenols is 1. The fourth-order valence-electron chi connectivity index (χ4n) is 3.28. The number of nitrogens with one attached hydrogen (secondary N) is 1. The number of anilines is 1. The Hall–Kier alpha value is -2.69. The van der Waals surface area contributed by atoms with Gasteiger partial charge in [-0.25, -0.2) is 4.79 Å². The Labute approximate surface area is 155 Å². The van der Waals surface area contributed by atoms with Gasteiger partial charge in [0.2, 0.25) is 0 Å². The first-order chi connectivity index (χ1) is 12.6. The van der Waals surface area contributed by atoms with Crippen molar-refractivity contribution in [1.29, 1.82) is 0 Å². The molecule has 0 radical (unpaired) electrons. The molecular weight excluding hydrogens is 326 g/mol. The van der Waals surface area contributed by atoms with Gasteiger partial charge in [0.05, 0.1) is 11.7 Å². The number of nitrogens with zero attached hydrogens (tertiary/aromatic N) is 2. The van der Waals surface area contributed by atoms with Gasteiger partial charge in [0.1, 0.15) is 5.75 Å². The molecule has 1 aliphatic rings. The smallest absolute Gasteiger partial charge is 0.317 e. The van der Waals surface area contributed by atoms with E-state index in [2.05, 4.69) is 41.4 Å². The van der Waals surface area contributed by atoms with Crippen molar-refractivity contribution in [1.82, 2.24) is 10.2 Å². The summed E-state index contributed by atoms with van der Waals surface area (Å²) in [7, 11) is 0. The number of urea groups is 1. The number of phenolic OH excluding ortho intramolecular Hbond substituents is 1. The zero-order valence-electron chi connectivity index (χ0n) is 15.5. The SMILES string of the molecule is CCc1ccc(C(C)NC(=O)N2CCN(c3ccccc3O)CC2)cc1. The molecule has 2 N–H and O–H groups in total. The minimum atomic E-state index is -0.0333. The maximum atomic E-state index is 12.6. The van der Waals surface area contributed by atoms with E-state index in [-0.39, 0.29) is 17.8 Å². The van der Waals surface area contributed by atoms with Crippen LogP contribution in [0.15, 0.2) is 48.5 Å². The number of carbonyl (C=O) groups excluding carboxylic acids is 1. The van der Waals surface area contributed by atoms with Crippen molar-refractivity contribution in [3.8, 4) is 5.75 Å². The topological polar surface area (TPSA) is 55.8 Å². The number of hydrogen-bond acceptors (Lipinski definition) is 3. The second-order valence-electron chi connectivity index (χ2n) is 6.73. The number of hydrogen-bond donors (Lipinski definition) is 2. The predicted octanol–water partition coefficient (Wildman–Crippen LogP) is 3.55. The van der Waals surface area contributed by atoms with Gasteiger partial charge in [-0.05, 0) is 36.6 Å². The maximum absolute atomic E-state index is 12.6. The van der Waals surface area contributed by atoms with E-state index in [0.29, 0.717) is 26.2 Å². The van der Waals surface area contributed by atoms with Crippen molar-refractivity contribution in [2.24, 2.45) is 0 Å². The summed E-state index contributed by atoms with van der Waals surface area (Å²) in [4.78, 5) is 16.5. The molecule has 5 nitrogen and oxygen atoms in total. The summed E-state index contributed by atoms with van der Waals surface area (Å²) in [5, 5.41) is 13.1. The van der Waals surface area contributed by atoms with E-state index in [1.54, 1.807) is 6.07 Å². The number of benzene rings is 2. The van der Waals surface area contributed by atoms with Crippen LogP contribution in [-0.4, -0.2) is 42.2 Å². The number of amides is 2. The minimum absolute atomic E-state index is 0.0235. The van der Waals surface area contributed by atoms with Crippen LogP contribution in [0.5, 0.6) is 5.75 Å². The van der Waals surface area contributed by atoms with Crippen LogP contribution in [0.3, 0.4) is 0 Å². The maximum Gasteiger partial charge on any atom is 0.317 e. The molecule has 3 rings (SSSR count). The molecule has 0 aromatic heterocycles. The Morgan fingerprint density at radius 1 is 1.08 bits per heavy atom. The van der Waals surface area contributed by atoms with Crippen LogP contribution in [0.25, 0.3) is 0 Å². The number of carbonyl (C=O) groups is 1. The molecule has 1 atom stereocenters. The monoisotopic (exact) mass is 353 g/mol. The van der Waals surface area contributed by atoms with E-state index < -0.39 is 0 Å². The first-order valence-corrected chi connectivity index (χ1v) is 9.25. The van der Waals surface area contributed by atoms with Crippen LogP contribution < -0.4 is 10.2 Å². The second-order valence-corrected chi connectivity index (χ2v) is 6.73. The van der Waals surface area contributed by atoms with E-state index in [1.165, 1.54) is 5.56 Å². The second kappa shape index (κ2) is 8.13. The Kier molecular flexibility index (Phi) is 5.66. The van der Waals surface area contributed by atoms with Gasteiger partial charge in [0.15, 0.2) is 0 Å². The largest absolute Gasteiger partial charge is 0.506 e. The molecule has 0 aliphatic carbocycles. The van der Waals surface area contributed by atoms with Crippen molar-refractivity contribution in [3.05, 3.63) is 59.7 Å². The van der Waals surface area contributed by atoms with Crippen LogP contribution >= 0.6 is 0 Å². The predicted molar refractivity (Wildman–Crippen MR) is 105 cm³/mol. The van der Waals surface area contributed by atoms with E-state index >= 15 is 0 Å². The van der Waals surface area contributed by atoms with E-state index in [0.717, 1.165) is 17.7 Å².